The molecular weight excluding hydrogens is 362 g/mol. The molecule has 1 atom stereocenters. The summed E-state index contributed by atoms with van der Waals surface area (Å²) in [4.78, 5) is 16.6. The third-order valence-corrected chi connectivity index (χ3v) is 4.18. The Labute approximate surface area is 162 Å². The first kappa shape index (κ1) is 19.2. The lowest BCUT2D eigenvalue weighted by molar-refractivity contribution is -0.394. The summed E-state index contributed by atoms with van der Waals surface area (Å²) in [5.41, 5.74) is 1.69. The fourth-order valence-electron chi connectivity index (χ4n) is 2.96. The second-order valence-electron chi connectivity index (χ2n) is 6.35. The Balaban J connectivity index is 2.17. The van der Waals surface area contributed by atoms with Crippen molar-refractivity contribution in [2.45, 2.75) is 19.4 Å². The van der Waals surface area contributed by atoms with E-state index in [1.54, 1.807) is 26.5 Å². The molecule has 0 N–H and O–H groups in total. The van der Waals surface area contributed by atoms with Gasteiger partial charge < -0.3 is 19.3 Å². The summed E-state index contributed by atoms with van der Waals surface area (Å²) < 4.78 is 12.3. The van der Waals surface area contributed by atoms with Gasteiger partial charge >= 0.3 is 11.9 Å². The number of methoxy groups -OCH3 is 1. The number of nitrogens with zero attached hydrogens (tertiary/aromatic N) is 5. The monoisotopic (exact) mass is 383 g/mol. The third-order valence-electron chi connectivity index (χ3n) is 4.18. The van der Waals surface area contributed by atoms with Crippen molar-refractivity contribution >= 4 is 17.6 Å². The molecule has 0 saturated heterocycles. The van der Waals surface area contributed by atoms with Crippen LogP contribution in [0.2, 0.25) is 0 Å². The number of aryl methyl sites for hydroxylation is 1. The van der Waals surface area contributed by atoms with Crippen LogP contribution in [0.25, 0.3) is 0 Å². The number of anilines is 2. The minimum absolute atomic E-state index is 0.316. The normalized spacial score (nSPS) is 11.8. The minimum Gasteiger partial charge on any atom is -0.497 e. The van der Waals surface area contributed by atoms with Crippen LogP contribution in [0, 0.1) is 10.1 Å². The smallest absolute Gasteiger partial charge is 0.493 e. The summed E-state index contributed by atoms with van der Waals surface area (Å²) in [6.45, 7) is 5.94. The van der Waals surface area contributed by atoms with Gasteiger partial charge in [0.2, 0.25) is 0 Å². The number of rotatable bonds is 8. The van der Waals surface area contributed by atoms with Crippen molar-refractivity contribution in [2.24, 2.45) is 7.05 Å². The average molecular weight is 383 g/mol. The predicted molar refractivity (Wildman–Crippen MR) is 104 cm³/mol. The van der Waals surface area contributed by atoms with Crippen LogP contribution >= 0.6 is 0 Å². The molecule has 2 aromatic heterocycles. The van der Waals surface area contributed by atoms with Gasteiger partial charge in [-0.3, -0.25) is 4.90 Å². The van der Waals surface area contributed by atoms with E-state index in [4.69, 9.17) is 9.15 Å². The minimum atomic E-state index is -0.615. The van der Waals surface area contributed by atoms with E-state index < -0.39 is 10.9 Å². The Bertz CT molecular complexity index is 963. The molecule has 0 aliphatic carbocycles. The summed E-state index contributed by atoms with van der Waals surface area (Å²) in [6, 6.07) is 10.7. The molecule has 3 aromatic rings. The maximum atomic E-state index is 11.2. The van der Waals surface area contributed by atoms with Crippen molar-refractivity contribution < 1.29 is 14.1 Å². The summed E-state index contributed by atoms with van der Waals surface area (Å²) in [5, 5.41) is 15.1. The van der Waals surface area contributed by atoms with Gasteiger partial charge in [-0.05, 0) is 59.7 Å². The number of furan rings is 1. The molecule has 28 heavy (non-hydrogen) atoms. The average Bonchev–Trinajstić information content (AvgIpc) is 3.32. The first-order chi connectivity index (χ1) is 13.4. The Kier molecular flexibility index (Phi) is 5.44. The van der Waals surface area contributed by atoms with Crippen LogP contribution in [-0.2, 0) is 7.05 Å². The fraction of sp³-hybridized carbons (Fsp3) is 0.263. The lowest BCUT2D eigenvalue weighted by Crippen LogP contribution is -2.26. The third kappa shape index (κ3) is 3.88. The lowest BCUT2D eigenvalue weighted by Gasteiger charge is -2.29. The number of nitro groups is 1. The van der Waals surface area contributed by atoms with Crippen LogP contribution in [0.3, 0.4) is 0 Å². The van der Waals surface area contributed by atoms with Crippen molar-refractivity contribution in [3.05, 3.63) is 70.7 Å². The molecule has 146 valence electrons. The van der Waals surface area contributed by atoms with E-state index in [2.05, 4.69) is 16.7 Å². The molecule has 0 amide bonds. The molecule has 0 aliphatic rings. The molecule has 1 aromatic carbocycles. The molecule has 0 radical (unpaired) electrons. The first-order valence-electron chi connectivity index (χ1n) is 8.57. The number of ether oxygens (including phenoxy) is 1. The molecule has 1 unspecified atom stereocenters. The van der Waals surface area contributed by atoms with Crippen LogP contribution in [0.5, 0.6) is 5.75 Å². The van der Waals surface area contributed by atoms with Gasteiger partial charge in [0.1, 0.15) is 11.5 Å². The van der Waals surface area contributed by atoms with Gasteiger partial charge in [0.05, 0.1) is 19.4 Å². The Morgan fingerprint density at radius 1 is 1.39 bits per heavy atom. The Hall–Kier alpha value is -3.62. The number of hydrogen-bond acceptors (Lipinski definition) is 7. The zero-order valence-electron chi connectivity index (χ0n) is 15.9. The quantitative estimate of drug-likeness (QED) is 0.327. The second-order valence-corrected chi connectivity index (χ2v) is 6.35. The molecule has 9 heteroatoms. The van der Waals surface area contributed by atoms with Crippen molar-refractivity contribution in [2.75, 3.05) is 12.0 Å². The summed E-state index contributed by atoms with van der Waals surface area (Å²) in [7, 11) is 3.21. The van der Waals surface area contributed by atoms with Gasteiger partial charge in [0.25, 0.3) is 0 Å². The molecule has 9 nitrogen and oxygen atoms in total. The largest absolute Gasteiger partial charge is 0.497 e. The van der Waals surface area contributed by atoms with Crippen molar-refractivity contribution in [3.63, 3.8) is 0 Å². The molecule has 0 bridgehead atoms. The zero-order valence-corrected chi connectivity index (χ0v) is 15.9. The molecule has 0 saturated carbocycles. The van der Waals surface area contributed by atoms with E-state index in [0.717, 1.165) is 11.3 Å². The highest BCUT2D eigenvalue weighted by molar-refractivity contribution is 5.61. The standard InChI is InChI=1S/C19H21N5O4/c1-13(2)12-16(17-6-5-11-28-17)23(14-7-9-15(27-4)10-8-14)19-20-18(24(25)26)21-22(19)3/h5-11,16H,1,12H2,2-4H3. The maximum Gasteiger partial charge on any atom is 0.493 e. The van der Waals surface area contributed by atoms with E-state index in [1.807, 2.05) is 42.2 Å². The van der Waals surface area contributed by atoms with E-state index in [0.29, 0.717) is 23.9 Å². The van der Waals surface area contributed by atoms with Gasteiger partial charge in [-0.25, -0.2) is 0 Å². The first-order valence-corrected chi connectivity index (χ1v) is 8.57. The SMILES string of the molecule is C=C(C)CC(c1ccco1)N(c1ccc(OC)cc1)c1nc([N+](=O)[O-])nn1C. The highest BCUT2D eigenvalue weighted by atomic mass is 16.6. The van der Waals surface area contributed by atoms with Crippen LogP contribution in [0.4, 0.5) is 17.6 Å². The van der Waals surface area contributed by atoms with E-state index in [9.17, 15) is 10.1 Å². The van der Waals surface area contributed by atoms with Gasteiger partial charge in [-0.1, -0.05) is 5.57 Å². The van der Waals surface area contributed by atoms with E-state index in [1.165, 1.54) is 4.68 Å². The summed E-state index contributed by atoms with van der Waals surface area (Å²) >= 11 is 0. The Morgan fingerprint density at radius 3 is 2.61 bits per heavy atom. The number of benzene rings is 1. The van der Waals surface area contributed by atoms with Gasteiger partial charge in [0, 0.05) is 17.8 Å². The van der Waals surface area contributed by atoms with Gasteiger partial charge in [-0.2, -0.15) is 4.68 Å². The lowest BCUT2D eigenvalue weighted by atomic mass is 10.0. The van der Waals surface area contributed by atoms with E-state index >= 15 is 0 Å². The molecule has 0 spiro atoms. The zero-order chi connectivity index (χ0) is 20.3. The molecular formula is C19H21N5O4. The number of aromatic nitrogens is 3. The summed E-state index contributed by atoms with van der Waals surface area (Å²) in [5.74, 6) is 1.23. The van der Waals surface area contributed by atoms with Crippen LogP contribution < -0.4 is 9.64 Å². The molecule has 0 aliphatic heterocycles. The highest BCUT2D eigenvalue weighted by Gasteiger charge is 2.33. The Morgan fingerprint density at radius 2 is 2.11 bits per heavy atom. The van der Waals surface area contributed by atoms with Crippen molar-refractivity contribution in [1.29, 1.82) is 0 Å². The fourth-order valence-corrected chi connectivity index (χ4v) is 2.96. The maximum absolute atomic E-state index is 11.2. The van der Waals surface area contributed by atoms with E-state index in [-0.39, 0.29) is 6.04 Å². The van der Waals surface area contributed by atoms with Gasteiger partial charge in [0.15, 0.2) is 0 Å². The molecule has 3 rings (SSSR count). The highest BCUT2D eigenvalue weighted by Crippen LogP contribution is 2.38. The van der Waals surface area contributed by atoms with Crippen LogP contribution in [0.15, 0.2) is 59.2 Å². The van der Waals surface area contributed by atoms with Crippen LogP contribution in [-0.4, -0.2) is 26.8 Å². The topological polar surface area (TPSA) is 99.5 Å². The molecule has 0 fully saturated rings. The molecule has 2 heterocycles. The predicted octanol–water partition coefficient (Wildman–Crippen LogP) is 4.17. The van der Waals surface area contributed by atoms with Crippen molar-refractivity contribution in [3.8, 4) is 5.75 Å². The summed E-state index contributed by atoms with van der Waals surface area (Å²) in [6.07, 6.45) is 2.15. The van der Waals surface area contributed by atoms with Gasteiger partial charge in [-0.15, -0.1) is 6.58 Å². The number of hydrogen-bond donors (Lipinski definition) is 0. The van der Waals surface area contributed by atoms with Crippen molar-refractivity contribution in [1.82, 2.24) is 14.8 Å². The second kappa shape index (κ2) is 7.95. The van der Waals surface area contributed by atoms with Crippen LogP contribution in [0.1, 0.15) is 25.1 Å².